The summed E-state index contributed by atoms with van der Waals surface area (Å²) in [5, 5.41) is 53.4. The first-order chi connectivity index (χ1) is 18.4. The highest BCUT2D eigenvalue weighted by molar-refractivity contribution is 6.30. The molecule has 38 heavy (non-hydrogen) atoms. The van der Waals surface area contributed by atoms with Gasteiger partial charge in [0.05, 0.1) is 12.4 Å². The van der Waals surface area contributed by atoms with E-state index in [9.17, 15) is 10.2 Å². The molecular weight excluding hydrogens is 508 g/mol. The number of aromatic hydroxyl groups is 2. The zero-order valence-electron chi connectivity index (χ0n) is 20.3. The molecule has 0 unspecified atom stereocenters. The van der Waals surface area contributed by atoms with Crippen molar-refractivity contribution in [1.82, 2.24) is 40.6 Å². The van der Waals surface area contributed by atoms with Gasteiger partial charge in [-0.1, -0.05) is 23.7 Å². The minimum atomic E-state index is -0.583. The number of hydrogen-bond acceptors (Lipinski definition) is 10. The number of nitrogens with zero attached hydrogens (tertiary/aromatic N) is 10. The molecule has 3 aromatic carbocycles. The van der Waals surface area contributed by atoms with Gasteiger partial charge in [-0.2, -0.15) is 10.2 Å². The van der Waals surface area contributed by atoms with Crippen molar-refractivity contribution in [2.24, 2.45) is 10.2 Å². The van der Waals surface area contributed by atoms with Gasteiger partial charge in [-0.05, 0) is 99.9 Å². The maximum Gasteiger partial charge on any atom is 0.173 e. The highest BCUT2D eigenvalue weighted by atomic mass is 35.5. The van der Waals surface area contributed by atoms with Crippen molar-refractivity contribution in [2.75, 3.05) is 0 Å². The van der Waals surface area contributed by atoms with Gasteiger partial charge in [0.2, 0.25) is 0 Å². The largest absolute Gasteiger partial charge is 0.508 e. The molecule has 2 aromatic heterocycles. The van der Waals surface area contributed by atoms with Crippen LogP contribution in [0.5, 0.6) is 11.5 Å². The van der Waals surface area contributed by atoms with Crippen LogP contribution in [0.25, 0.3) is 0 Å². The van der Waals surface area contributed by atoms with Gasteiger partial charge in [-0.25, -0.2) is 0 Å². The van der Waals surface area contributed by atoms with Crippen LogP contribution >= 0.6 is 11.6 Å². The smallest absolute Gasteiger partial charge is 0.173 e. The molecule has 190 valence electrons. The lowest BCUT2D eigenvalue weighted by atomic mass is 9.83. The average molecular weight is 529 g/mol. The number of aromatic nitrogens is 8. The van der Waals surface area contributed by atoms with Crippen LogP contribution in [0.1, 0.15) is 45.4 Å². The van der Waals surface area contributed by atoms with E-state index in [2.05, 4.69) is 41.3 Å². The second kappa shape index (κ2) is 10.6. The Morgan fingerprint density at radius 1 is 0.763 bits per heavy atom. The van der Waals surface area contributed by atoms with Crippen molar-refractivity contribution in [3.8, 4) is 11.5 Å². The fraction of sp³-hybridized carbons (Fsp3) is 0.120. The van der Waals surface area contributed by atoms with Crippen LogP contribution in [-0.4, -0.2) is 63.3 Å². The topological polar surface area (TPSA) is 152 Å². The van der Waals surface area contributed by atoms with Gasteiger partial charge in [0, 0.05) is 22.1 Å². The second-order valence-electron chi connectivity index (χ2n) is 8.34. The summed E-state index contributed by atoms with van der Waals surface area (Å²) < 4.78 is 0. The molecular formula is C25H21ClN10O2. The molecule has 0 aliphatic heterocycles. The third kappa shape index (κ3) is 5.25. The molecule has 0 spiro atoms. The Balaban J connectivity index is 1.61. The molecule has 0 amide bonds. The fourth-order valence-corrected chi connectivity index (χ4v) is 4.09. The zero-order valence-corrected chi connectivity index (χ0v) is 21.0. The van der Waals surface area contributed by atoms with E-state index >= 15 is 0 Å². The van der Waals surface area contributed by atoms with Gasteiger partial charge in [0.25, 0.3) is 0 Å². The molecule has 0 aliphatic rings. The molecule has 2 N–H and O–H groups in total. The Morgan fingerprint density at radius 2 is 1.29 bits per heavy atom. The Labute approximate surface area is 221 Å². The van der Waals surface area contributed by atoms with E-state index in [4.69, 9.17) is 11.6 Å². The Morgan fingerprint density at radius 3 is 1.74 bits per heavy atom. The first-order valence-corrected chi connectivity index (χ1v) is 11.8. The summed E-state index contributed by atoms with van der Waals surface area (Å²) in [6.45, 7) is 3.46. The van der Waals surface area contributed by atoms with Crippen LogP contribution in [0, 0.1) is 13.8 Å². The SMILES string of the molecule is Cc1nnnn1N=Cc1ccc(O)c(C(c2cccc(Cl)c2)c2cc(C=Nn3nnnc3C)ccc2O)c1. The lowest BCUT2D eigenvalue weighted by molar-refractivity contribution is 0.458. The molecule has 5 rings (SSSR count). The quantitative estimate of drug-likeness (QED) is 0.241. The van der Waals surface area contributed by atoms with Gasteiger partial charge in [-0.3, -0.25) is 0 Å². The van der Waals surface area contributed by atoms with E-state index in [1.165, 1.54) is 9.58 Å². The lowest BCUT2D eigenvalue weighted by Crippen LogP contribution is -2.06. The summed E-state index contributed by atoms with van der Waals surface area (Å²) in [7, 11) is 0. The number of phenolic OH excluding ortho intramolecular Hbond substituents is 2. The van der Waals surface area contributed by atoms with Crippen molar-refractivity contribution in [2.45, 2.75) is 19.8 Å². The lowest BCUT2D eigenvalue weighted by Gasteiger charge is -2.22. The van der Waals surface area contributed by atoms with Crippen LogP contribution in [0.3, 0.4) is 0 Å². The van der Waals surface area contributed by atoms with E-state index in [0.717, 1.165) is 5.56 Å². The maximum absolute atomic E-state index is 11.0. The van der Waals surface area contributed by atoms with Gasteiger partial charge >= 0.3 is 0 Å². The van der Waals surface area contributed by atoms with E-state index in [1.54, 1.807) is 74.8 Å². The van der Waals surface area contributed by atoms with Gasteiger partial charge < -0.3 is 10.2 Å². The number of aryl methyl sites for hydroxylation is 2. The second-order valence-corrected chi connectivity index (χ2v) is 8.78. The van der Waals surface area contributed by atoms with Gasteiger partial charge in [-0.15, -0.1) is 19.8 Å². The van der Waals surface area contributed by atoms with Crippen LogP contribution in [0.2, 0.25) is 5.02 Å². The van der Waals surface area contributed by atoms with E-state index < -0.39 is 5.92 Å². The summed E-state index contributed by atoms with van der Waals surface area (Å²) in [4.78, 5) is 2.59. The van der Waals surface area contributed by atoms with Gasteiger partial charge in [0.15, 0.2) is 11.6 Å². The minimum Gasteiger partial charge on any atom is -0.508 e. The zero-order chi connectivity index (χ0) is 26.6. The third-order valence-corrected chi connectivity index (χ3v) is 5.98. The Bertz CT molecular complexity index is 1560. The van der Waals surface area contributed by atoms with Crippen molar-refractivity contribution in [3.05, 3.63) is 105 Å². The van der Waals surface area contributed by atoms with Crippen molar-refractivity contribution < 1.29 is 10.2 Å². The summed E-state index contributed by atoms with van der Waals surface area (Å²) >= 11 is 6.34. The van der Waals surface area contributed by atoms with E-state index in [-0.39, 0.29) is 11.5 Å². The number of halogens is 1. The van der Waals surface area contributed by atoms with Crippen molar-refractivity contribution in [1.29, 1.82) is 0 Å². The standard InChI is InChI=1S/C25H21ClN10O2/c1-15-29-31-33-35(15)27-13-17-6-8-23(37)21(10-17)25(19-4-3-5-20(26)12-19)22-11-18(7-9-24(22)38)14-28-36-16(2)30-32-34-36/h3-14,25,37-38H,1-2H3. The molecule has 0 radical (unpaired) electrons. The van der Waals surface area contributed by atoms with E-state index in [1.807, 2.05) is 12.1 Å². The van der Waals surface area contributed by atoms with Crippen molar-refractivity contribution >= 4 is 24.0 Å². The summed E-state index contributed by atoms with van der Waals surface area (Å²) in [6, 6.07) is 17.4. The predicted molar refractivity (Wildman–Crippen MR) is 140 cm³/mol. The molecule has 2 heterocycles. The van der Waals surface area contributed by atoms with Crippen LogP contribution in [-0.2, 0) is 0 Å². The van der Waals surface area contributed by atoms with Crippen LogP contribution in [0.15, 0.2) is 70.9 Å². The number of rotatable bonds is 7. The molecule has 0 saturated carbocycles. The highest BCUT2D eigenvalue weighted by Gasteiger charge is 2.24. The van der Waals surface area contributed by atoms with Crippen molar-refractivity contribution in [3.63, 3.8) is 0 Å². The summed E-state index contributed by atoms with van der Waals surface area (Å²) in [5.41, 5.74) is 3.20. The first kappa shape index (κ1) is 24.7. The third-order valence-electron chi connectivity index (χ3n) is 5.75. The fourth-order valence-electron chi connectivity index (χ4n) is 3.89. The first-order valence-electron chi connectivity index (χ1n) is 11.4. The molecule has 5 aromatic rings. The summed E-state index contributed by atoms with van der Waals surface area (Å²) in [6.07, 6.45) is 3.16. The molecule has 0 bridgehead atoms. The number of tetrazole rings is 2. The normalized spacial score (nSPS) is 12.5. The maximum atomic E-state index is 11.0. The number of benzene rings is 3. The van der Waals surface area contributed by atoms with Crippen LogP contribution in [0.4, 0.5) is 0 Å². The molecule has 0 aliphatic carbocycles. The van der Waals surface area contributed by atoms with Gasteiger partial charge in [0.1, 0.15) is 11.5 Å². The average Bonchev–Trinajstić information content (AvgIpc) is 3.51. The van der Waals surface area contributed by atoms with E-state index in [0.29, 0.717) is 38.9 Å². The minimum absolute atomic E-state index is 0.0357. The van der Waals surface area contributed by atoms with Crippen LogP contribution < -0.4 is 0 Å². The number of hydrogen-bond donors (Lipinski definition) is 2. The Hall–Kier alpha value is -4.97. The predicted octanol–water partition coefficient (Wildman–Crippen LogP) is 3.29. The molecule has 0 atom stereocenters. The number of phenols is 2. The summed E-state index contributed by atoms with van der Waals surface area (Å²) in [5.74, 6) is 0.539. The monoisotopic (exact) mass is 528 g/mol. The molecule has 0 fully saturated rings. The molecule has 12 nitrogen and oxygen atoms in total. The Kier molecular flexibility index (Phi) is 6.87. The highest BCUT2D eigenvalue weighted by Crippen LogP contribution is 2.41. The molecule has 0 saturated heterocycles. The molecule has 13 heteroatoms.